The number of aliphatic hydroxyl groups excluding tert-OH is 2. The number of nitrogens with one attached hydrogen (secondary N) is 4. The zero-order valence-electron chi connectivity index (χ0n) is 26.7. The van der Waals surface area contributed by atoms with E-state index < -0.39 is 84.4 Å². The van der Waals surface area contributed by atoms with Crippen molar-refractivity contribution >= 4 is 29.6 Å². The van der Waals surface area contributed by atoms with Crippen LogP contribution in [-0.4, -0.2) is 86.8 Å². The summed E-state index contributed by atoms with van der Waals surface area (Å²) in [7, 11) is 0. The van der Waals surface area contributed by atoms with Gasteiger partial charge in [0.25, 0.3) is 0 Å². The van der Waals surface area contributed by atoms with E-state index in [2.05, 4.69) is 21.3 Å². The largest absolute Gasteiger partial charge is 0.481 e. The van der Waals surface area contributed by atoms with Gasteiger partial charge in [-0.2, -0.15) is 0 Å². The van der Waals surface area contributed by atoms with E-state index in [-0.39, 0.29) is 17.8 Å². The number of hydrogen-bond acceptors (Lipinski definition) is 8. The van der Waals surface area contributed by atoms with Crippen LogP contribution < -0.4 is 27.0 Å². The van der Waals surface area contributed by atoms with Gasteiger partial charge in [0.05, 0.1) is 42.7 Å². The van der Waals surface area contributed by atoms with E-state index >= 15 is 0 Å². The molecule has 7 atom stereocenters. The quantitative estimate of drug-likeness (QED) is 0.103. The Balaban J connectivity index is 5.43. The zero-order valence-corrected chi connectivity index (χ0v) is 26.7. The SMILES string of the molecule is CC[C@](C)(N)C(=O)N[C@H](C(=O)N[C@@H](CC(C)C)[C@@H](O)CC(=O)N[C@@H](C)C(=O)N[C@@H](CC(C)C)[C@@H](O)CC(=O)O)C(C)C. The summed E-state index contributed by atoms with van der Waals surface area (Å²) in [5, 5.41) is 40.8. The molecule has 0 spiro atoms. The Morgan fingerprint density at radius 1 is 0.738 bits per heavy atom. The minimum atomic E-state index is -1.31. The lowest BCUT2D eigenvalue weighted by molar-refractivity contribution is -0.140. The van der Waals surface area contributed by atoms with Crippen LogP contribution in [0.4, 0.5) is 0 Å². The van der Waals surface area contributed by atoms with Gasteiger partial charge in [-0.1, -0.05) is 48.5 Å². The average Bonchev–Trinajstić information content (AvgIpc) is 2.84. The molecule has 0 aliphatic rings. The molecular formula is C29H55N5O8. The van der Waals surface area contributed by atoms with E-state index in [9.17, 15) is 34.2 Å². The van der Waals surface area contributed by atoms with Crippen molar-refractivity contribution in [1.29, 1.82) is 0 Å². The molecule has 9 N–H and O–H groups in total. The number of aliphatic carboxylic acids is 1. The maximum absolute atomic E-state index is 13.2. The summed E-state index contributed by atoms with van der Waals surface area (Å²) in [5.41, 5.74) is 4.87. The molecule has 0 rings (SSSR count). The first-order valence-corrected chi connectivity index (χ1v) is 14.8. The van der Waals surface area contributed by atoms with E-state index in [0.29, 0.717) is 19.3 Å². The lowest BCUT2D eigenvalue weighted by atomic mass is 9.94. The average molecular weight is 602 g/mol. The number of aliphatic hydroxyl groups is 2. The molecule has 0 aliphatic heterocycles. The highest BCUT2D eigenvalue weighted by molar-refractivity contribution is 5.92. The van der Waals surface area contributed by atoms with Crippen LogP contribution in [0.15, 0.2) is 0 Å². The molecule has 0 fully saturated rings. The van der Waals surface area contributed by atoms with E-state index in [1.807, 2.05) is 27.7 Å². The van der Waals surface area contributed by atoms with E-state index in [1.165, 1.54) is 6.92 Å². The van der Waals surface area contributed by atoms with Crippen molar-refractivity contribution in [3.8, 4) is 0 Å². The smallest absolute Gasteiger partial charge is 0.306 e. The third kappa shape index (κ3) is 14.4. The topological polar surface area (TPSA) is 220 Å². The predicted octanol–water partition coefficient (Wildman–Crippen LogP) is 0.408. The Morgan fingerprint density at radius 3 is 1.60 bits per heavy atom. The van der Waals surface area contributed by atoms with Crippen molar-refractivity contribution in [3.63, 3.8) is 0 Å². The standard InChI is InChI=1S/C29H55N5O8/c1-10-29(9,30)28(42)34-25(17(6)7)27(41)33-19(11-15(2)3)21(35)13-23(37)31-18(8)26(40)32-20(12-16(4)5)22(36)14-24(38)39/h15-22,25,35-36H,10-14,30H2,1-9H3,(H,31,37)(H,32,40)(H,33,41)(H,34,42)(H,38,39)/t18-,19-,20-,21-,22-,25-,29-/m0/s1. The summed E-state index contributed by atoms with van der Waals surface area (Å²) in [6.07, 6.45) is -2.52. The van der Waals surface area contributed by atoms with Gasteiger partial charge in [0.1, 0.15) is 12.1 Å². The number of nitrogens with two attached hydrogens (primary N) is 1. The van der Waals surface area contributed by atoms with Crippen LogP contribution in [0.1, 0.15) is 94.4 Å². The molecule has 0 saturated carbocycles. The van der Waals surface area contributed by atoms with E-state index in [0.717, 1.165) is 0 Å². The summed E-state index contributed by atoms with van der Waals surface area (Å²) in [4.78, 5) is 62.3. The minimum Gasteiger partial charge on any atom is -0.481 e. The Bertz CT molecular complexity index is 908. The predicted molar refractivity (Wildman–Crippen MR) is 159 cm³/mol. The molecule has 0 aromatic carbocycles. The second kappa shape index (κ2) is 18.0. The van der Waals surface area contributed by atoms with Gasteiger partial charge in [-0.15, -0.1) is 0 Å². The van der Waals surface area contributed by atoms with Crippen molar-refractivity contribution in [3.05, 3.63) is 0 Å². The van der Waals surface area contributed by atoms with Gasteiger partial charge >= 0.3 is 5.97 Å². The van der Waals surface area contributed by atoms with Gasteiger partial charge in [-0.25, -0.2) is 0 Å². The van der Waals surface area contributed by atoms with Crippen LogP contribution in [0, 0.1) is 17.8 Å². The fourth-order valence-corrected chi connectivity index (χ4v) is 4.24. The maximum atomic E-state index is 13.2. The normalized spacial score (nSPS) is 17.4. The Hall–Kier alpha value is -2.77. The molecule has 244 valence electrons. The summed E-state index contributed by atoms with van der Waals surface area (Å²) in [6.45, 7) is 15.8. The fraction of sp³-hybridized carbons (Fsp3) is 0.828. The summed E-state index contributed by atoms with van der Waals surface area (Å²) in [6, 6.07) is -3.60. The van der Waals surface area contributed by atoms with E-state index in [4.69, 9.17) is 10.8 Å². The van der Waals surface area contributed by atoms with Gasteiger partial charge in [0.15, 0.2) is 0 Å². The van der Waals surface area contributed by atoms with Crippen LogP contribution in [0.5, 0.6) is 0 Å². The van der Waals surface area contributed by atoms with Crippen LogP contribution in [-0.2, 0) is 24.0 Å². The van der Waals surface area contributed by atoms with Crippen LogP contribution in [0.3, 0.4) is 0 Å². The molecule has 0 aromatic heterocycles. The van der Waals surface area contributed by atoms with Crippen LogP contribution in [0.25, 0.3) is 0 Å². The molecule has 0 radical (unpaired) electrons. The molecule has 0 saturated heterocycles. The lowest BCUT2D eigenvalue weighted by Crippen LogP contribution is -2.60. The second-order valence-corrected chi connectivity index (χ2v) is 12.7. The van der Waals surface area contributed by atoms with Crippen molar-refractivity contribution in [1.82, 2.24) is 21.3 Å². The Labute approximate surface area is 250 Å². The highest BCUT2D eigenvalue weighted by Crippen LogP contribution is 2.15. The number of rotatable bonds is 19. The Kier molecular flexibility index (Phi) is 16.8. The molecular weight excluding hydrogens is 546 g/mol. The monoisotopic (exact) mass is 601 g/mol. The molecule has 4 amide bonds. The summed E-state index contributed by atoms with van der Waals surface area (Å²) >= 11 is 0. The van der Waals surface area contributed by atoms with Gasteiger partial charge < -0.3 is 42.3 Å². The van der Waals surface area contributed by atoms with E-state index in [1.54, 1.807) is 27.7 Å². The number of carboxylic acid groups (broad SMARTS) is 1. The maximum Gasteiger partial charge on any atom is 0.306 e. The highest BCUT2D eigenvalue weighted by Gasteiger charge is 2.34. The summed E-state index contributed by atoms with van der Waals surface area (Å²) < 4.78 is 0. The first kappa shape index (κ1) is 39.2. The van der Waals surface area contributed by atoms with Gasteiger partial charge in [-0.3, -0.25) is 24.0 Å². The van der Waals surface area contributed by atoms with Gasteiger partial charge in [0, 0.05) is 0 Å². The molecule has 0 aliphatic carbocycles. The highest BCUT2D eigenvalue weighted by atomic mass is 16.4. The molecule has 0 heterocycles. The Morgan fingerprint density at radius 2 is 1.19 bits per heavy atom. The van der Waals surface area contributed by atoms with Gasteiger partial charge in [0.2, 0.25) is 23.6 Å². The first-order chi connectivity index (χ1) is 19.2. The third-order valence-corrected chi connectivity index (χ3v) is 7.07. The van der Waals surface area contributed by atoms with Crippen molar-refractivity contribution < 1.29 is 39.3 Å². The number of amides is 4. The molecule has 0 unspecified atom stereocenters. The van der Waals surface area contributed by atoms with Crippen LogP contribution >= 0.6 is 0 Å². The van der Waals surface area contributed by atoms with Crippen molar-refractivity contribution in [2.45, 2.75) is 136 Å². The van der Waals surface area contributed by atoms with Crippen molar-refractivity contribution in [2.24, 2.45) is 23.5 Å². The molecule has 13 nitrogen and oxygen atoms in total. The fourth-order valence-electron chi connectivity index (χ4n) is 4.24. The third-order valence-electron chi connectivity index (χ3n) is 7.07. The summed E-state index contributed by atoms with van der Waals surface area (Å²) in [5.74, 6) is -3.63. The molecule has 0 bridgehead atoms. The van der Waals surface area contributed by atoms with Gasteiger partial charge in [-0.05, 0) is 50.9 Å². The second-order valence-electron chi connectivity index (χ2n) is 12.7. The van der Waals surface area contributed by atoms with Crippen molar-refractivity contribution in [2.75, 3.05) is 0 Å². The molecule has 42 heavy (non-hydrogen) atoms. The number of carbonyl (C=O) groups is 5. The zero-order chi connectivity index (χ0) is 32.9. The molecule has 0 aromatic rings. The van der Waals surface area contributed by atoms with Crippen LogP contribution in [0.2, 0.25) is 0 Å². The lowest BCUT2D eigenvalue weighted by Gasteiger charge is -2.31. The number of carbonyl (C=O) groups excluding carboxylic acids is 4. The number of carboxylic acids is 1. The first-order valence-electron chi connectivity index (χ1n) is 14.8. The molecule has 13 heteroatoms. The minimum absolute atomic E-state index is 0.0485. The number of hydrogen-bond donors (Lipinski definition) is 8.